The summed E-state index contributed by atoms with van der Waals surface area (Å²) in [6.07, 6.45) is 2.21. The molecule has 1 aliphatic rings. The largest absolute Gasteiger partial charge is 0.326 e. The third-order valence-corrected chi connectivity index (χ3v) is 3.74. The van der Waals surface area contributed by atoms with Crippen LogP contribution in [0.4, 0.5) is 4.39 Å². The molecule has 94 valence electrons. The highest BCUT2D eigenvalue weighted by Crippen LogP contribution is 2.31. The van der Waals surface area contributed by atoms with Gasteiger partial charge in [-0.05, 0) is 56.1 Å². The predicted molar refractivity (Wildman–Crippen MR) is 68.3 cm³/mol. The van der Waals surface area contributed by atoms with Crippen LogP contribution in [0.5, 0.6) is 0 Å². The molecule has 1 fully saturated rings. The van der Waals surface area contributed by atoms with Gasteiger partial charge in [0.15, 0.2) is 0 Å². The van der Waals surface area contributed by atoms with Crippen molar-refractivity contribution in [1.82, 2.24) is 4.90 Å². The topological polar surface area (TPSA) is 29.3 Å². The number of nitrogens with zero attached hydrogens (tertiary/aromatic N) is 1. The average molecular weight is 236 g/mol. The Balaban J connectivity index is 2.34. The zero-order chi connectivity index (χ0) is 12.4. The van der Waals surface area contributed by atoms with E-state index in [4.69, 9.17) is 5.73 Å². The minimum Gasteiger partial charge on any atom is -0.326 e. The van der Waals surface area contributed by atoms with Gasteiger partial charge < -0.3 is 5.73 Å². The number of hydrogen-bond donors (Lipinski definition) is 1. The van der Waals surface area contributed by atoms with E-state index < -0.39 is 0 Å². The van der Waals surface area contributed by atoms with E-state index in [1.54, 1.807) is 6.07 Å². The highest BCUT2D eigenvalue weighted by Gasteiger charge is 2.30. The fourth-order valence-electron chi connectivity index (χ4n) is 2.85. The monoisotopic (exact) mass is 236 g/mol. The Morgan fingerprint density at radius 1 is 1.47 bits per heavy atom. The van der Waals surface area contributed by atoms with E-state index in [1.165, 1.54) is 11.6 Å². The molecular weight excluding hydrogens is 215 g/mol. The third kappa shape index (κ3) is 2.50. The van der Waals surface area contributed by atoms with Gasteiger partial charge in [0.05, 0.1) is 6.04 Å². The predicted octanol–water partition coefficient (Wildman–Crippen LogP) is 2.62. The maximum absolute atomic E-state index is 13.1. The SMILES string of the molecule is CCN1CCCC(N)C1c1ccc(F)cc1C. The van der Waals surface area contributed by atoms with E-state index in [0.717, 1.165) is 31.5 Å². The van der Waals surface area contributed by atoms with Crippen molar-refractivity contribution in [2.45, 2.75) is 38.8 Å². The lowest BCUT2D eigenvalue weighted by molar-refractivity contribution is 0.135. The van der Waals surface area contributed by atoms with Crippen molar-refractivity contribution >= 4 is 0 Å². The van der Waals surface area contributed by atoms with Crippen LogP contribution in [0.2, 0.25) is 0 Å². The summed E-state index contributed by atoms with van der Waals surface area (Å²) in [5, 5.41) is 0. The molecule has 2 rings (SSSR count). The standard InChI is InChI=1S/C14H21FN2/c1-3-17-8-4-5-13(16)14(17)12-7-6-11(15)9-10(12)2/h6-7,9,13-14H,3-5,8,16H2,1-2H3. The first-order chi connectivity index (χ1) is 8.13. The summed E-state index contributed by atoms with van der Waals surface area (Å²) >= 11 is 0. The van der Waals surface area contributed by atoms with Crippen molar-refractivity contribution in [3.63, 3.8) is 0 Å². The molecular formula is C14H21FN2. The summed E-state index contributed by atoms with van der Waals surface area (Å²) in [4.78, 5) is 2.40. The minimum absolute atomic E-state index is 0.160. The van der Waals surface area contributed by atoms with Gasteiger partial charge in [-0.15, -0.1) is 0 Å². The number of likely N-dealkylation sites (tertiary alicyclic amines) is 1. The van der Waals surface area contributed by atoms with Crippen LogP contribution in [0.1, 0.15) is 36.9 Å². The van der Waals surface area contributed by atoms with Crippen LogP contribution in [0.3, 0.4) is 0 Å². The maximum atomic E-state index is 13.1. The first kappa shape index (κ1) is 12.5. The van der Waals surface area contributed by atoms with Gasteiger partial charge in [0.2, 0.25) is 0 Å². The molecule has 1 heterocycles. The molecule has 0 spiro atoms. The molecule has 1 aliphatic heterocycles. The summed E-state index contributed by atoms with van der Waals surface area (Å²) in [6.45, 7) is 6.21. The minimum atomic E-state index is -0.168. The average Bonchev–Trinajstić information content (AvgIpc) is 2.30. The Kier molecular flexibility index (Phi) is 3.79. The molecule has 1 saturated heterocycles. The van der Waals surface area contributed by atoms with Gasteiger partial charge in [-0.1, -0.05) is 13.0 Å². The van der Waals surface area contributed by atoms with Crippen molar-refractivity contribution in [1.29, 1.82) is 0 Å². The van der Waals surface area contributed by atoms with Gasteiger partial charge in [-0.2, -0.15) is 0 Å². The molecule has 0 radical (unpaired) electrons. The molecule has 1 aromatic carbocycles. The van der Waals surface area contributed by atoms with E-state index in [1.807, 2.05) is 13.0 Å². The Bertz CT molecular complexity index is 392. The highest BCUT2D eigenvalue weighted by atomic mass is 19.1. The second-order valence-electron chi connectivity index (χ2n) is 4.88. The molecule has 0 saturated carbocycles. The van der Waals surface area contributed by atoms with Gasteiger partial charge in [-0.3, -0.25) is 4.90 Å². The van der Waals surface area contributed by atoms with Crippen LogP contribution in [-0.2, 0) is 0 Å². The molecule has 0 aliphatic carbocycles. The van der Waals surface area contributed by atoms with E-state index in [0.29, 0.717) is 0 Å². The quantitative estimate of drug-likeness (QED) is 0.855. The number of nitrogens with two attached hydrogens (primary N) is 1. The van der Waals surface area contributed by atoms with E-state index in [2.05, 4.69) is 11.8 Å². The normalized spacial score (nSPS) is 26.1. The number of aryl methyl sites for hydroxylation is 1. The fraction of sp³-hybridized carbons (Fsp3) is 0.571. The first-order valence-corrected chi connectivity index (χ1v) is 6.39. The van der Waals surface area contributed by atoms with Crippen LogP contribution in [-0.4, -0.2) is 24.0 Å². The van der Waals surface area contributed by atoms with Gasteiger partial charge >= 0.3 is 0 Å². The van der Waals surface area contributed by atoms with Crippen LogP contribution < -0.4 is 5.73 Å². The third-order valence-electron chi connectivity index (χ3n) is 3.74. The van der Waals surface area contributed by atoms with Gasteiger partial charge in [0.1, 0.15) is 5.82 Å². The molecule has 2 atom stereocenters. The van der Waals surface area contributed by atoms with Crippen LogP contribution >= 0.6 is 0 Å². The first-order valence-electron chi connectivity index (χ1n) is 6.39. The molecule has 17 heavy (non-hydrogen) atoms. The lowest BCUT2D eigenvalue weighted by Gasteiger charge is -2.40. The summed E-state index contributed by atoms with van der Waals surface area (Å²) < 4.78 is 13.1. The number of likely N-dealkylation sites (N-methyl/N-ethyl adjacent to an activating group) is 1. The van der Waals surface area contributed by atoms with E-state index >= 15 is 0 Å². The van der Waals surface area contributed by atoms with Gasteiger partial charge in [0.25, 0.3) is 0 Å². The molecule has 2 unspecified atom stereocenters. The maximum Gasteiger partial charge on any atom is 0.123 e. The lowest BCUT2D eigenvalue weighted by atomic mass is 9.88. The molecule has 2 N–H and O–H groups in total. The van der Waals surface area contributed by atoms with Crippen molar-refractivity contribution in [2.75, 3.05) is 13.1 Å². The Morgan fingerprint density at radius 3 is 2.88 bits per heavy atom. The van der Waals surface area contributed by atoms with Gasteiger partial charge in [0, 0.05) is 6.04 Å². The van der Waals surface area contributed by atoms with Crippen LogP contribution in [0.15, 0.2) is 18.2 Å². The molecule has 3 heteroatoms. The van der Waals surface area contributed by atoms with Crippen molar-refractivity contribution in [2.24, 2.45) is 5.73 Å². The smallest absolute Gasteiger partial charge is 0.123 e. The summed E-state index contributed by atoms with van der Waals surface area (Å²) in [7, 11) is 0. The van der Waals surface area contributed by atoms with E-state index in [9.17, 15) is 4.39 Å². The zero-order valence-electron chi connectivity index (χ0n) is 10.6. The number of rotatable bonds is 2. The zero-order valence-corrected chi connectivity index (χ0v) is 10.6. The van der Waals surface area contributed by atoms with Crippen molar-refractivity contribution in [3.8, 4) is 0 Å². The van der Waals surface area contributed by atoms with Crippen LogP contribution in [0, 0.1) is 12.7 Å². The number of benzene rings is 1. The molecule has 0 amide bonds. The molecule has 0 aromatic heterocycles. The second-order valence-corrected chi connectivity index (χ2v) is 4.88. The Hall–Kier alpha value is -0.930. The lowest BCUT2D eigenvalue weighted by Crippen LogP contribution is -2.45. The second kappa shape index (κ2) is 5.15. The van der Waals surface area contributed by atoms with Crippen LogP contribution in [0.25, 0.3) is 0 Å². The summed E-state index contributed by atoms with van der Waals surface area (Å²) in [5.41, 5.74) is 8.43. The highest BCUT2D eigenvalue weighted by molar-refractivity contribution is 5.31. The van der Waals surface area contributed by atoms with E-state index in [-0.39, 0.29) is 17.9 Å². The molecule has 0 bridgehead atoms. The van der Waals surface area contributed by atoms with Crippen molar-refractivity contribution < 1.29 is 4.39 Å². The Labute approximate surface area is 103 Å². The molecule has 2 nitrogen and oxygen atoms in total. The number of hydrogen-bond acceptors (Lipinski definition) is 2. The summed E-state index contributed by atoms with van der Waals surface area (Å²) in [5.74, 6) is -0.168. The van der Waals surface area contributed by atoms with Crippen molar-refractivity contribution in [3.05, 3.63) is 35.1 Å². The number of piperidine rings is 1. The summed E-state index contributed by atoms with van der Waals surface area (Å²) in [6, 6.07) is 5.44. The fourth-order valence-corrected chi connectivity index (χ4v) is 2.85. The molecule has 1 aromatic rings. The number of halogens is 1. The van der Waals surface area contributed by atoms with Gasteiger partial charge in [-0.25, -0.2) is 4.39 Å². The Morgan fingerprint density at radius 2 is 2.24 bits per heavy atom.